The van der Waals surface area contributed by atoms with E-state index >= 15 is 0 Å². The van der Waals surface area contributed by atoms with Crippen molar-refractivity contribution in [1.82, 2.24) is 9.55 Å². The summed E-state index contributed by atoms with van der Waals surface area (Å²) in [6.07, 6.45) is 2.08. The number of anilines is 1. The van der Waals surface area contributed by atoms with Crippen molar-refractivity contribution in [2.24, 2.45) is 5.73 Å². The second-order valence-corrected chi connectivity index (χ2v) is 5.90. The molecule has 2 aliphatic heterocycles. The summed E-state index contributed by atoms with van der Waals surface area (Å²) < 4.78 is 6.89. The maximum Gasteiger partial charge on any atom is 0.351 e. The molecule has 23 heavy (non-hydrogen) atoms. The number of aliphatic hydroxyl groups is 2. The molecule has 128 valence electrons. The molecule has 2 aliphatic rings. The molecule has 4 unspecified atom stereocenters. The Morgan fingerprint density at radius 1 is 1.52 bits per heavy atom. The van der Waals surface area contributed by atoms with Crippen LogP contribution in [0.15, 0.2) is 11.0 Å². The number of nitrogens with zero attached hydrogens (tertiary/aromatic N) is 2. The van der Waals surface area contributed by atoms with Gasteiger partial charge >= 0.3 is 5.69 Å². The summed E-state index contributed by atoms with van der Waals surface area (Å²) in [4.78, 5) is 21.6. The molecule has 0 radical (unpaired) electrons. The first-order valence-electron chi connectivity index (χ1n) is 7.80. The Labute approximate surface area is 133 Å². The summed E-state index contributed by atoms with van der Waals surface area (Å²) in [7, 11) is 0. The average Bonchev–Trinajstić information content (AvgIpc) is 2.93. The highest BCUT2D eigenvalue weighted by atomic mass is 16.7. The fourth-order valence-electron chi connectivity index (χ4n) is 2.94. The van der Waals surface area contributed by atoms with Crippen LogP contribution in [0.4, 0.5) is 5.82 Å². The number of hydrogen-bond donors (Lipinski definition) is 4. The van der Waals surface area contributed by atoms with Crippen molar-refractivity contribution in [3.63, 3.8) is 0 Å². The van der Waals surface area contributed by atoms with Crippen LogP contribution >= 0.6 is 0 Å². The number of rotatable bonds is 5. The molecule has 0 spiro atoms. The molecule has 9 heteroatoms. The Morgan fingerprint density at radius 3 is 3.04 bits per heavy atom. The van der Waals surface area contributed by atoms with Crippen molar-refractivity contribution < 1.29 is 19.8 Å². The van der Waals surface area contributed by atoms with E-state index in [1.807, 2.05) is 0 Å². The second kappa shape index (κ2) is 6.93. The number of ether oxygens (including phenoxy) is 1. The summed E-state index contributed by atoms with van der Waals surface area (Å²) >= 11 is 0. The van der Waals surface area contributed by atoms with Crippen LogP contribution < -0.4 is 16.9 Å². The van der Waals surface area contributed by atoms with Gasteiger partial charge in [0.2, 0.25) is 0 Å². The predicted octanol–water partition coefficient (Wildman–Crippen LogP) is -1.11. The molecule has 1 aromatic rings. The van der Waals surface area contributed by atoms with Gasteiger partial charge in [0, 0.05) is 24.6 Å². The van der Waals surface area contributed by atoms with Gasteiger partial charge in [-0.15, -0.1) is 0 Å². The molecule has 5 N–H and O–H groups in total. The minimum Gasteiger partial charge on any atom is -0.394 e. The lowest BCUT2D eigenvalue weighted by molar-refractivity contribution is -0.0460. The molecule has 1 aromatic heterocycles. The fourth-order valence-corrected chi connectivity index (χ4v) is 2.94. The highest BCUT2D eigenvalue weighted by molar-refractivity contribution is 5.42. The first kappa shape index (κ1) is 16.3. The largest absolute Gasteiger partial charge is 0.394 e. The number of nitrogens with two attached hydrogens (primary N) is 1. The lowest BCUT2D eigenvalue weighted by Crippen LogP contribution is -2.34. The summed E-state index contributed by atoms with van der Waals surface area (Å²) in [5.74, 6) is 0.410. The van der Waals surface area contributed by atoms with Gasteiger partial charge in [0.25, 0.3) is 0 Å². The molecule has 0 aliphatic carbocycles. The molecule has 4 atom stereocenters. The predicted molar refractivity (Wildman–Crippen MR) is 80.6 cm³/mol. The summed E-state index contributed by atoms with van der Waals surface area (Å²) in [5, 5.41) is 19.0. The van der Waals surface area contributed by atoms with Crippen molar-refractivity contribution in [1.29, 1.82) is 0 Å². The molecule has 1 saturated heterocycles. The molecule has 0 bridgehead atoms. The molecule has 1 fully saturated rings. The van der Waals surface area contributed by atoms with Gasteiger partial charge in [-0.3, -0.25) is 9.40 Å². The van der Waals surface area contributed by atoms with Crippen molar-refractivity contribution in [3.05, 3.63) is 22.2 Å². The molecule has 0 saturated carbocycles. The standard InChI is InChI=1S/C14H22N4O5/c15-3-1-2-9-4-8-6-18(14(21)16-13(8)17-23-9)12-5-10(20)11(7-19)22-12/h6,9-12,19-20H,1-5,7,15H2,(H,16,17,21). The maximum atomic E-state index is 12.1. The van der Waals surface area contributed by atoms with Crippen LogP contribution in [0.3, 0.4) is 0 Å². The molecule has 0 amide bonds. The summed E-state index contributed by atoms with van der Waals surface area (Å²) in [6, 6.07) is 0. The average molecular weight is 326 g/mol. The SMILES string of the molecule is NCCCC1Cc2cn(C3CC(O)C(CO)O3)c(=O)nc2NO1. The van der Waals surface area contributed by atoms with Crippen LogP contribution in [0.25, 0.3) is 0 Å². The number of aromatic nitrogens is 2. The molecule has 0 aromatic carbocycles. The van der Waals surface area contributed by atoms with Gasteiger partial charge in [-0.1, -0.05) is 0 Å². The molecule has 9 nitrogen and oxygen atoms in total. The van der Waals surface area contributed by atoms with Crippen LogP contribution in [0.1, 0.15) is 31.1 Å². The van der Waals surface area contributed by atoms with Crippen LogP contribution in [0, 0.1) is 0 Å². The maximum absolute atomic E-state index is 12.1. The van der Waals surface area contributed by atoms with E-state index in [1.165, 1.54) is 4.57 Å². The zero-order chi connectivity index (χ0) is 16.4. The number of nitrogens with one attached hydrogen (secondary N) is 1. The van der Waals surface area contributed by atoms with Crippen LogP contribution in [0.5, 0.6) is 0 Å². The first-order valence-corrected chi connectivity index (χ1v) is 7.80. The van der Waals surface area contributed by atoms with Gasteiger partial charge in [-0.05, 0) is 19.4 Å². The van der Waals surface area contributed by atoms with E-state index in [1.54, 1.807) is 6.20 Å². The third-order valence-electron chi connectivity index (χ3n) is 4.22. The zero-order valence-corrected chi connectivity index (χ0v) is 12.7. The van der Waals surface area contributed by atoms with Gasteiger partial charge in [0.05, 0.1) is 18.8 Å². The van der Waals surface area contributed by atoms with Crippen molar-refractivity contribution in [2.75, 3.05) is 18.6 Å². The van der Waals surface area contributed by atoms with Gasteiger partial charge in [0.1, 0.15) is 12.3 Å². The third kappa shape index (κ3) is 3.38. The number of aliphatic hydroxyl groups excluding tert-OH is 2. The van der Waals surface area contributed by atoms with Gasteiger partial charge in [-0.25, -0.2) is 10.3 Å². The topological polar surface area (TPSA) is 132 Å². The first-order chi connectivity index (χ1) is 11.1. The molecular weight excluding hydrogens is 304 g/mol. The Hall–Kier alpha value is -1.52. The Morgan fingerprint density at radius 2 is 2.35 bits per heavy atom. The van der Waals surface area contributed by atoms with Crippen LogP contribution in [-0.2, 0) is 16.0 Å². The van der Waals surface area contributed by atoms with E-state index in [0.717, 1.165) is 18.4 Å². The monoisotopic (exact) mass is 326 g/mol. The van der Waals surface area contributed by atoms with E-state index in [0.29, 0.717) is 18.8 Å². The van der Waals surface area contributed by atoms with E-state index < -0.39 is 24.1 Å². The number of fused-ring (bicyclic) bond motifs is 1. The van der Waals surface area contributed by atoms with E-state index in [4.69, 9.17) is 20.4 Å². The quantitative estimate of drug-likeness (QED) is 0.536. The van der Waals surface area contributed by atoms with Gasteiger partial charge in [-0.2, -0.15) is 4.98 Å². The van der Waals surface area contributed by atoms with E-state index in [9.17, 15) is 9.90 Å². The Bertz CT molecular complexity index is 607. The normalized spacial score (nSPS) is 30.0. The fraction of sp³-hybridized carbons (Fsp3) is 0.714. The minimum absolute atomic E-state index is 0.0286. The van der Waals surface area contributed by atoms with Crippen molar-refractivity contribution >= 4 is 5.82 Å². The lowest BCUT2D eigenvalue weighted by Gasteiger charge is -2.26. The molecule has 3 heterocycles. The summed E-state index contributed by atoms with van der Waals surface area (Å²) in [5.41, 5.74) is 8.59. The highest BCUT2D eigenvalue weighted by Crippen LogP contribution is 2.29. The van der Waals surface area contributed by atoms with Crippen molar-refractivity contribution in [2.45, 2.75) is 50.2 Å². The van der Waals surface area contributed by atoms with Gasteiger partial charge < -0.3 is 20.7 Å². The van der Waals surface area contributed by atoms with E-state index in [-0.39, 0.29) is 19.1 Å². The smallest absolute Gasteiger partial charge is 0.351 e. The number of hydrogen-bond acceptors (Lipinski definition) is 8. The molecule has 3 rings (SSSR count). The van der Waals surface area contributed by atoms with Crippen LogP contribution in [0.2, 0.25) is 0 Å². The lowest BCUT2D eigenvalue weighted by atomic mass is 10.0. The minimum atomic E-state index is -0.799. The van der Waals surface area contributed by atoms with Crippen molar-refractivity contribution in [3.8, 4) is 0 Å². The zero-order valence-electron chi connectivity index (χ0n) is 12.7. The molecular formula is C14H22N4O5. The Balaban J connectivity index is 1.80. The Kier molecular flexibility index (Phi) is 4.93. The summed E-state index contributed by atoms with van der Waals surface area (Å²) in [6.45, 7) is 0.308. The third-order valence-corrected chi connectivity index (χ3v) is 4.22. The highest BCUT2D eigenvalue weighted by Gasteiger charge is 2.35. The van der Waals surface area contributed by atoms with Gasteiger partial charge in [0.15, 0.2) is 5.82 Å². The van der Waals surface area contributed by atoms with E-state index in [2.05, 4.69) is 10.5 Å². The second-order valence-electron chi connectivity index (χ2n) is 5.90. The van der Waals surface area contributed by atoms with Crippen LogP contribution in [-0.4, -0.2) is 51.2 Å².